The maximum absolute atomic E-state index is 2.36. The summed E-state index contributed by atoms with van der Waals surface area (Å²) in [5, 5.41) is 0. The molecule has 0 N–H and O–H groups in total. The first-order valence-electron chi connectivity index (χ1n) is 6.32. The molecule has 0 aliphatic heterocycles. The van der Waals surface area contributed by atoms with Crippen LogP contribution in [-0.4, -0.2) is 0 Å². The van der Waals surface area contributed by atoms with Crippen LogP contribution in [0.1, 0.15) is 72.6 Å². The monoisotopic (exact) mass is 196 g/mol. The quantitative estimate of drug-likeness (QED) is 0.363. The summed E-state index contributed by atoms with van der Waals surface area (Å²) in [6.07, 6.45) is 11.9. The summed E-state index contributed by atoms with van der Waals surface area (Å²) in [6.45, 7) is 9.10. The third kappa shape index (κ3) is 9.83. The third-order valence-corrected chi connectivity index (χ3v) is 2.66. The van der Waals surface area contributed by atoms with Gasteiger partial charge in [0, 0.05) is 0 Å². The fourth-order valence-corrected chi connectivity index (χ4v) is 1.76. The van der Waals surface area contributed by atoms with Crippen molar-refractivity contribution in [2.75, 3.05) is 0 Å². The molecule has 0 radical (unpaired) electrons. The van der Waals surface area contributed by atoms with E-state index in [9.17, 15) is 0 Å². The van der Waals surface area contributed by atoms with Gasteiger partial charge in [-0.25, -0.2) is 0 Å². The number of rotatable bonds is 8. The average Bonchev–Trinajstić information content (AvgIpc) is 2.11. The molecule has 0 saturated carbocycles. The molecule has 0 aromatic carbocycles. The smallest absolute Gasteiger partial charge is 0.0323 e. The van der Waals surface area contributed by atoms with E-state index in [1.54, 1.807) is 5.57 Å². The lowest BCUT2D eigenvalue weighted by molar-refractivity contribution is 0.519. The summed E-state index contributed by atoms with van der Waals surface area (Å²) in [5.74, 6) is 0.886. The van der Waals surface area contributed by atoms with Crippen LogP contribution in [0.15, 0.2) is 11.6 Å². The summed E-state index contributed by atoms with van der Waals surface area (Å²) in [5.41, 5.74) is 1.58. The lowest BCUT2D eigenvalue weighted by Gasteiger charge is -2.04. The highest BCUT2D eigenvalue weighted by Crippen LogP contribution is 2.13. The Labute approximate surface area is 90.8 Å². The summed E-state index contributed by atoms with van der Waals surface area (Å²) in [6, 6.07) is 0. The minimum Gasteiger partial charge on any atom is -0.0859 e. The fraction of sp³-hybridized carbons (Fsp3) is 0.857. The Hall–Kier alpha value is -0.260. The molecule has 0 bridgehead atoms. The van der Waals surface area contributed by atoms with Crippen LogP contribution in [0.4, 0.5) is 0 Å². The van der Waals surface area contributed by atoms with Crippen LogP contribution >= 0.6 is 0 Å². The first-order chi connectivity index (χ1) is 6.66. The van der Waals surface area contributed by atoms with Gasteiger partial charge in [-0.2, -0.15) is 0 Å². The number of unbranched alkanes of at least 4 members (excludes halogenated alkanes) is 3. The molecule has 0 amide bonds. The van der Waals surface area contributed by atoms with E-state index in [2.05, 4.69) is 33.8 Å². The van der Waals surface area contributed by atoms with Gasteiger partial charge in [-0.15, -0.1) is 0 Å². The molecular weight excluding hydrogens is 168 g/mol. The largest absolute Gasteiger partial charge is 0.0859 e. The molecule has 14 heavy (non-hydrogen) atoms. The molecule has 0 spiro atoms. The molecule has 0 aromatic heterocycles. The number of allylic oxidation sites excluding steroid dienone is 2. The minimum atomic E-state index is 0.886. The topological polar surface area (TPSA) is 0 Å². The molecule has 0 heterocycles. The molecule has 0 heteroatoms. The zero-order chi connectivity index (χ0) is 10.8. The van der Waals surface area contributed by atoms with E-state index in [0.29, 0.717) is 0 Å². The van der Waals surface area contributed by atoms with Gasteiger partial charge in [0.15, 0.2) is 0 Å². The first-order valence-corrected chi connectivity index (χ1v) is 6.32. The zero-order valence-electron chi connectivity index (χ0n) is 10.6. The standard InChI is InChI=1S/C14H28/c1-5-10-14(4)12-9-7-6-8-11-13(2)3/h10,13H,5-9,11-12H2,1-4H3/b14-10-. The molecule has 0 unspecified atom stereocenters. The highest BCUT2D eigenvalue weighted by molar-refractivity contribution is 4.96. The van der Waals surface area contributed by atoms with Crippen molar-refractivity contribution in [3.05, 3.63) is 11.6 Å². The Morgan fingerprint density at radius 1 is 1.07 bits per heavy atom. The molecule has 0 aliphatic rings. The molecule has 0 rings (SSSR count). The van der Waals surface area contributed by atoms with Crippen molar-refractivity contribution in [3.8, 4) is 0 Å². The van der Waals surface area contributed by atoms with Crippen molar-refractivity contribution in [3.63, 3.8) is 0 Å². The molecule has 0 nitrogen and oxygen atoms in total. The maximum Gasteiger partial charge on any atom is -0.0323 e. The van der Waals surface area contributed by atoms with Gasteiger partial charge in [-0.05, 0) is 32.1 Å². The molecule has 0 fully saturated rings. The van der Waals surface area contributed by atoms with Crippen molar-refractivity contribution < 1.29 is 0 Å². The van der Waals surface area contributed by atoms with Gasteiger partial charge in [-0.3, -0.25) is 0 Å². The van der Waals surface area contributed by atoms with Gasteiger partial charge in [0.2, 0.25) is 0 Å². The minimum absolute atomic E-state index is 0.886. The Morgan fingerprint density at radius 2 is 1.71 bits per heavy atom. The van der Waals surface area contributed by atoms with Crippen LogP contribution in [0.3, 0.4) is 0 Å². The second-order valence-electron chi connectivity index (χ2n) is 4.81. The molecule has 0 saturated heterocycles. The number of hydrogen-bond acceptors (Lipinski definition) is 0. The van der Waals surface area contributed by atoms with E-state index in [1.807, 2.05) is 0 Å². The van der Waals surface area contributed by atoms with Gasteiger partial charge in [0.1, 0.15) is 0 Å². The van der Waals surface area contributed by atoms with E-state index >= 15 is 0 Å². The normalized spacial score (nSPS) is 12.5. The second kappa shape index (κ2) is 9.30. The predicted molar refractivity (Wildman–Crippen MR) is 66.6 cm³/mol. The van der Waals surface area contributed by atoms with E-state index in [-0.39, 0.29) is 0 Å². The fourth-order valence-electron chi connectivity index (χ4n) is 1.76. The van der Waals surface area contributed by atoms with Crippen molar-refractivity contribution in [1.82, 2.24) is 0 Å². The summed E-state index contributed by atoms with van der Waals surface area (Å²) in [7, 11) is 0. The summed E-state index contributed by atoms with van der Waals surface area (Å²) >= 11 is 0. The lowest BCUT2D eigenvalue weighted by atomic mass is 10.0. The SMILES string of the molecule is CC/C=C(/C)CCCCCCC(C)C. The van der Waals surface area contributed by atoms with Gasteiger partial charge >= 0.3 is 0 Å². The number of hydrogen-bond donors (Lipinski definition) is 0. The van der Waals surface area contributed by atoms with Crippen LogP contribution in [0.25, 0.3) is 0 Å². The van der Waals surface area contributed by atoms with Crippen LogP contribution in [0.5, 0.6) is 0 Å². The first kappa shape index (κ1) is 13.7. The van der Waals surface area contributed by atoms with Crippen LogP contribution in [-0.2, 0) is 0 Å². The maximum atomic E-state index is 2.36. The molecule has 0 atom stereocenters. The van der Waals surface area contributed by atoms with Gasteiger partial charge in [-0.1, -0.05) is 58.1 Å². The average molecular weight is 196 g/mol. The van der Waals surface area contributed by atoms with Gasteiger partial charge in [0.05, 0.1) is 0 Å². The third-order valence-electron chi connectivity index (χ3n) is 2.66. The van der Waals surface area contributed by atoms with Crippen molar-refractivity contribution in [1.29, 1.82) is 0 Å². The Morgan fingerprint density at radius 3 is 2.29 bits per heavy atom. The lowest BCUT2D eigenvalue weighted by Crippen LogP contribution is -1.87. The van der Waals surface area contributed by atoms with Crippen molar-refractivity contribution in [2.45, 2.75) is 72.6 Å². The Kier molecular flexibility index (Phi) is 9.13. The van der Waals surface area contributed by atoms with Gasteiger partial charge < -0.3 is 0 Å². The van der Waals surface area contributed by atoms with Crippen molar-refractivity contribution in [2.24, 2.45) is 5.92 Å². The molecular formula is C14H28. The van der Waals surface area contributed by atoms with Gasteiger partial charge in [0.25, 0.3) is 0 Å². The van der Waals surface area contributed by atoms with Crippen LogP contribution in [0, 0.1) is 5.92 Å². The Balaban J connectivity index is 3.17. The predicted octanol–water partition coefficient (Wildman–Crippen LogP) is 5.34. The molecule has 84 valence electrons. The van der Waals surface area contributed by atoms with Crippen LogP contribution in [0.2, 0.25) is 0 Å². The van der Waals surface area contributed by atoms with Crippen molar-refractivity contribution >= 4 is 0 Å². The van der Waals surface area contributed by atoms with E-state index in [1.165, 1.54) is 44.9 Å². The molecule has 0 aromatic rings. The van der Waals surface area contributed by atoms with E-state index < -0.39 is 0 Å². The second-order valence-corrected chi connectivity index (χ2v) is 4.81. The highest BCUT2D eigenvalue weighted by Gasteiger charge is 1.95. The zero-order valence-corrected chi connectivity index (χ0v) is 10.6. The highest BCUT2D eigenvalue weighted by atomic mass is 14.0. The van der Waals surface area contributed by atoms with E-state index in [0.717, 1.165) is 5.92 Å². The summed E-state index contributed by atoms with van der Waals surface area (Å²) in [4.78, 5) is 0. The Bertz CT molecular complexity index is 142. The van der Waals surface area contributed by atoms with Crippen LogP contribution < -0.4 is 0 Å². The summed E-state index contributed by atoms with van der Waals surface area (Å²) < 4.78 is 0. The molecule has 0 aliphatic carbocycles. The van der Waals surface area contributed by atoms with E-state index in [4.69, 9.17) is 0 Å².